The lowest BCUT2D eigenvalue weighted by atomic mass is 9.90. The fourth-order valence-electron chi connectivity index (χ4n) is 2.22. The van der Waals surface area contributed by atoms with Gasteiger partial charge < -0.3 is 10.6 Å². The standard InChI is InChI=1S/C13H16ClFN2O.ClH/c1-13(7-16)5-6-17(8-13)12(18)11-9(14)3-2-4-10(11)15;/h2-4H,5-8,16H2,1H3;1H. The van der Waals surface area contributed by atoms with Crippen LogP contribution >= 0.6 is 24.0 Å². The number of nitrogens with two attached hydrogens (primary N) is 1. The molecule has 2 rings (SSSR count). The highest BCUT2D eigenvalue weighted by atomic mass is 35.5. The Bertz CT molecular complexity index is 463. The summed E-state index contributed by atoms with van der Waals surface area (Å²) >= 11 is 5.90. The second kappa shape index (κ2) is 6.07. The second-order valence-corrected chi connectivity index (χ2v) is 5.50. The molecule has 1 aliphatic rings. The van der Waals surface area contributed by atoms with Crippen LogP contribution < -0.4 is 5.73 Å². The summed E-state index contributed by atoms with van der Waals surface area (Å²) in [6.45, 7) is 3.69. The number of carbonyl (C=O) groups is 1. The molecule has 2 N–H and O–H groups in total. The van der Waals surface area contributed by atoms with Crippen molar-refractivity contribution in [2.24, 2.45) is 11.1 Å². The molecule has 1 atom stereocenters. The molecule has 1 heterocycles. The molecule has 0 bridgehead atoms. The fourth-order valence-corrected chi connectivity index (χ4v) is 2.47. The first kappa shape index (κ1) is 16.2. The lowest BCUT2D eigenvalue weighted by Crippen LogP contribution is -2.35. The Morgan fingerprint density at radius 2 is 2.26 bits per heavy atom. The van der Waals surface area contributed by atoms with Crippen LogP contribution in [0.1, 0.15) is 23.7 Å². The maximum absolute atomic E-state index is 13.7. The predicted molar refractivity (Wildman–Crippen MR) is 76.3 cm³/mol. The number of halogens is 3. The Kier molecular flexibility index (Phi) is 5.18. The molecule has 0 aliphatic carbocycles. The topological polar surface area (TPSA) is 46.3 Å². The number of carbonyl (C=O) groups excluding carboxylic acids is 1. The first-order valence-electron chi connectivity index (χ1n) is 5.90. The molecular formula is C13H17Cl2FN2O. The Morgan fingerprint density at radius 1 is 1.58 bits per heavy atom. The Balaban J connectivity index is 0.00000180. The van der Waals surface area contributed by atoms with E-state index in [1.54, 1.807) is 4.90 Å². The van der Waals surface area contributed by atoms with Crippen molar-refractivity contribution in [1.29, 1.82) is 0 Å². The Labute approximate surface area is 123 Å². The van der Waals surface area contributed by atoms with E-state index in [4.69, 9.17) is 17.3 Å². The van der Waals surface area contributed by atoms with Gasteiger partial charge in [-0.3, -0.25) is 4.79 Å². The number of amides is 1. The normalized spacial score (nSPS) is 22.2. The highest BCUT2D eigenvalue weighted by Gasteiger charge is 2.36. The van der Waals surface area contributed by atoms with E-state index in [-0.39, 0.29) is 34.3 Å². The van der Waals surface area contributed by atoms with Gasteiger partial charge in [-0.05, 0) is 30.5 Å². The van der Waals surface area contributed by atoms with Crippen LogP contribution in [0.25, 0.3) is 0 Å². The van der Waals surface area contributed by atoms with E-state index in [2.05, 4.69) is 0 Å². The molecule has 19 heavy (non-hydrogen) atoms. The average molecular weight is 307 g/mol. The predicted octanol–water partition coefficient (Wildman–Crippen LogP) is 2.71. The van der Waals surface area contributed by atoms with Gasteiger partial charge in [0, 0.05) is 13.1 Å². The van der Waals surface area contributed by atoms with Gasteiger partial charge in [-0.15, -0.1) is 12.4 Å². The molecule has 0 aromatic heterocycles. The van der Waals surface area contributed by atoms with Gasteiger partial charge in [-0.1, -0.05) is 24.6 Å². The van der Waals surface area contributed by atoms with Crippen LogP contribution in [0.15, 0.2) is 18.2 Å². The van der Waals surface area contributed by atoms with Crippen LogP contribution in [-0.4, -0.2) is 30.4 Å². The molecule has 0 spiro atoms. The lowest BCUT2D eigenvalue weighted by molar-refractivity contribution is 0.0772. The number of nitrogens with zero attached hydrogens (tertiary/aromatic N) is 1. The molecule has 1 fully saturated rings. The van der Waals surface area contributed by atoms with Gasteiger partial charge in [0.1, 0.15) is 5.82 Å². The summed E-state index contributed by atoms with van der Waals surface area (Å²) in [4.78, 5) is 13.9. The third-order valence-electron chi connectivity index (χ3n) is 3.51. The molecular weight excluding hydrogens is 290 g/mol. The average Bonchev–Trinajstić information content (AvgIpc) is 2.72. The van der Waals surface area contributed by atoms with Gasteiger partial charge in [-0.2, -0.15) is 0 Å². The van der Waals surface area contributed by atoms with Gasteiger partial charge in [0.2, 0.25) is 0 Å². The summed E-state index contributed by atoms with van der Waals surface area (Å²) < 4.78 is 13.7. The van der Waals surface area contributed by atoms with E-state index < -0.39 is 5.82 Å². The van der Waals surface area contributed by atoms with Gasteiger partial charge in [0.05, 0.1) is 10.6 Å². The van der Waals surface area contributed by atoms with Crippen LogP contribution in [-0.2, 0) is 0 Å². The van der Waals surface area contributed by atoms with E-state index >= 15 is 0 Å². The molecule has 0 saturated carbocycles. The maximum atomic E-state index is 13.7. The van der Waals surface area contributed by atoms with Gasteiger partial charge in [-0.25, -0.2) is 4.39 Å². The molecule has 1 aromatic rings. The van der Waals surface area contributed by atoms with Crippen molar-refractivity contribution < 1.29 is 9.18 Å². The molecule has 1 amide bonds. The highest BCUT2D eigenvalue weighted by Crippen LogP contribution is 2.31. The van der Waals surface area contributed by atoms with Crippen molar-refractivity contribution in [3.63, 3.8) is 0 Å². The Hall–Kier alpha value is -0.840. The van der Waals surface area contributed by atoms with Crippen LogP contribution in [0.3, 0.4) is 0 Å². The summed E-state index contributed by atoms with van der Waals surface area (Å²) in [7, 11) is 0. The molecule has 1 aromatic carbocycles. The van der Waals surface area contributed by atoms with Crippen molar-refractivity contribution in [2.75, 3.05) is 19.6 Å². The molecule has 0 radical (unpaired) electrons. The number of rotatable bonds is 2. The van der Waals surface area contributed by atoms with Crippen molar-refractivity contribution in [3.8, 4) is 0 Å². The van der Waals surface area contributed by atoms with Crippen LogP contribution in [0.4, 0.5) is 4.39 Å². The van der Waals surface area contributed by atoms with Crippen LogP contribution in [0.5, 0.6) is 0 Å². The minimum Gasteiger partial charge on any atom is -0.338 e. The van der Waals surface area contributed by atoms with Crippen molar-refractivity contribution in [2.45, 2.75) is 13.3 Å². The van der Waals surface area contributed by atoms with E-state index in [1.807, 2.05) is 6.92 Å². The number of benzene rings is 1. The molecule has 1 unspecified atom stereocenters. The second-order valence-electron chi connectivity index (χ2n) is 5.09. The summed E-state index contributed by atoms with van der Waals surface area (Å²) in [5.41, 5.74) is 5.57. The third-order valence-corrected chi connectivity index (χ3v) is 3.83. The van der Waals surface area contributed by atoms with E-state index in [0.717, 1.165) is 6.42 Å². The van der Waals surface area contributed by atoms with Gasteiger partial charge >= 0.3 is 0 Å². The molecule has 106 valence electrons. The number of hydrogen-bond donors (Lipinski definition) is 1. The number of likely N-dealkylation sites (tertiary alicyclic amines) is 1. The van der Waals surface area contributed by atoms with Gasteiger partial charge in [0.25, 0.3) is 5.91 Å². The SMILES string of the molecule is CC1(CN)CCN(C(=O)c2c(F)cccc2Cl)C1.Cl. The lowest BCUT2D eigenvalue weighted by Gasteiger charge is -2.23. The summed E-state index contributed by atoms with van der Waals surface area (Å²) in [6, 6.07) is 4.26. The zero-order valence-electron chi connectivity index (χ0n) is 10.7. The van der Waals surface area contributed by atoms with Crippen molar-refractivity contribution in [3.05, 3.63) is 34.6 Å². The number of hydrogen-bond acceptors (Lipinski definition) is 2. The summed E-state index contributed by atoms with van der Waals surface area (Å²) in [5.74, 6) is -0.927. The van der Waals surface area contributed by atoms with Gasteiger partial charge in [0.15, 0.2) is 0 Å². The molecule has 1 saturated heterocycles. The van der Waals surface area contributed by atoms with E-state index in [9.17, 15) is 9.18 Å². The van der Waals surface area contributed by atoms with E-state index in [1.165, 1.54) is 18.2 Å². The van der Waals surface area contributed by atoms with Crippen LogP contribution in [0, 0.1) is 11.2 Å². The highest BCUT2D eigenvalue weighted by molar-refractivity contribution is 6.33. The molecule has 1 aliphatic heterocycles. The zero-order chi connectivity index (χ0) is 13.3. The first-order chi connectivity index (χ1) is 8.47. The molecule has 6 heteroatoms. The fraction of sp³-hybridized carbons (Fsp3) is 0.462. The zero-order valence-corrected chi connectivity index (χ0v) is 12.2. The quantitative estimate of drug-likeness (QED) is 0.913. The monoisotopic (exact) mass is 306 g/mol. The largest absolute Gasteiger partial charge is 0.338 e. The Morgan fingerprint density at radius 3 is 2.79 bits per heavy atom. The van der Waals surface area contributed by atoms with E-state index in [0.29, 0.717) is 19.6 Å². The minimum absolute atomic E-state index is 0. The van der Waals surface area contributed by atoms with Crippen molar-refractivity contribution >= 4 is 29.9 Å². The van der Waals surface area contributed by atoms with Crippen LogP contribution in [0.2, 0.25) is 5.02 Å². The van der Waals surface area contributed by atoms with Crippen molar-refractivity contribution in [1.82, 2.24) is 4.90 Å². The maximum Gasteiger partial charge on any atom is 0.258 e. The third kappa shape index (κ3) is 3.19. The summed E-state index contributed by atoms with van der Waals surface area (Å²) in [6.07, 6.45) is 0.835. The summed E-state index contributed by atoms with van der Waals surface area (Å²) in [5, 5.41) is 0.154. The smallest absolute Gasteiger partial charge is 0.258 e. The minimum atomic E-state index is -0.575. The first-order valence-corrected chi connectivity index (χ1v) is 6.28. The molecule has 3 nitrogen and oxygen atoms in total.